The van der Waals surface area contributed by atoms with E-state index in [9.17, 15) is 0 Å². The lowest BCUT2D eigenvalue weighted by Gasteiger charge is -2.25. The third-order valence-corrected chi connectivity index (χ3v) is 2.74. The van der Waals surface area contributed by atoms with Crippen molar-refractivity contribution >= 4 is 21.7 Å². The normalized spacial score (nSPS) is 10.2. The van der Waals surface area contributed by atoms with Crippen molar-refractivity contribution in [1.29, 1.82) is 5.26 Å². The molecule has 1 aromatic rings. The largest absolute Gasteiger partial charge is 0.354 e. The van der Waals surface area contributed by atoms with Crippen molar-refractivity contribution in [1.82, 2.24) is 4.98 Å². The number of hydrogen-bond acceptors (Lipinski definition) is 3. The van der Waals surface area contributed by atoms with Crippen LogP contribution < -0.4 is 4.90 Å². The van der Waals surface area contributed by atoms with E-state index in [1.54, 1.807) is 6.20 Å². The van der Waals surface area contributed by atoms with Crippen molar-refractivity contribution < 1.29 is 0 Å². The van der Waals surface area contributed by atoms with Gasteiger partial charge in [-0.2, -0.15) is 5.26 Å². The molecular formula is C12H16BrN3. The zero-order valence-electron chi connectivity index (χ0n) is 9.65. The molecule has 0 saturated heterocycles. The van der Waals surface area contributed by atoms with Crippen molar-refractivity contribution in [2.45, 2.75) is 20.3 Å². The molecule has 0 bridgehead atoms. The molecule has 0 fully saturated rings. The van der Waals surface area contributed by atoms with E-state index in [1.807, 2.05) is 12.1 Å². The van der Waals surface area contributed by atoms with E-state index in [4.69, 9.17) is 5.26 Å². The fourth-order valence-corrected chi connectivity index (χ4v) is 2.03. The topological polar surface area (TPSA) is 39.9 Å². The minimum atomic E-state index is 0.524. The van der Waals surface area contributed by atoms with Crippen molar-refractivity contribution in [3.8, 4) is 6.07 Å². The maximum atomic E-state index is 8.66. The Morgan fingerprint density at radius 1 is 1.56 bits per heavy atom. The Morgan fingerprint density at radius 2 is 2.31 bits per heavy atom. The maximum Gasteiger partial charge on any atom is 0.142 e. The number of anilines is 1. The van der Waals surface area contributed by atoms with Gasteiger partial charge in [-0.3, -0.25) is 0 Å². The average molecular weight is 282 g/mol. The van der Waals surface area contributed by atoms with Gasteiger partial charge in [-0.05, 0) is 34.0 Å². The highest BCUT2D eigenvalue weighted by Gasteiger charge is 2.12. The molecular weight excluding hydrogens is 266 g/mol. The Morgan fingerprint density at radius 3 is 2.88 bits per heavy atom. The van der Waals surface area contributed by atoms with Gasteiger partial charge >= 0.3 is 0 Å². The Hall–Kier alpha value is -1.08. The molecule has 0 atom stereocenters. The van der Waals surface area contributed by atoms with Gasteiger partial charge in [0.1, 0.15) is 5.82 Å². The lowest BCUT2D eigenvalue weighted by molar-refractivity contribution is 0.607. The molecule has 1 aromatic heterocycles. The van der Waals surface area contributed by atoms with Crippen LogP contribution in [0.15, 0.2) is 22.8 Å². The molecule has 0 unspecified atom stereocenters. The summed E-state index contributed by atoms with van der Waals surface area (Å²) >= 11 is 3.49. The standard InChI is InChI=1S/C12H16BrN3/c1-10(2)9-16(8-4-6-14)12-11(13)5-3-7-15-12/h3,5,7,10H,4,8-9H2,1-2H3. The summed E-state index contributed by atoms with van der Waals surface area (Å²) in [5.41, 5.74) is 0. The highest BCUT2D eigenvalue weighted by molar-refractivity contribution is 9.10. The Bertz CT molecular complexity index is 371. The number of nitrogens with zero attached hydrogens (tertiary/aromatic N) is 3. The number of halogens is 1. The van der Waals surface area contributed by atoms with Crippen LogP contribution in [0.3, 0.4) is 0 Å². The summed E-state index contributed by atoms with van der Waals surface area (Å²) in [4.78, 5) is 6.50. The predicted octanol–water partition coefficient (Wildman–Crippen LogP) is 3.22. The van der Waals surface area contributed by atoms with Gasteiger partial charge in [0.2, 0.25) is 0 Å². The van der Waals surface area contributed by atoms with Gasteiger partial charge < -0.3 is 4.90 Å². The Balaban J connectivity index is 2.83. The molecule has 1 rings (SSSR count). The number of rotatable bonds is 5. The first-order valence-electron chi connectivity index (χ1n) is 5.37. The second kappa shape index (κ2) is 6.49. The fraction of sp³-hybridized carbons (Fsp3) is 0.500. The summed E-state index contributed by atoms with van der Waals surface area (Å²) in [7, 11) is 0. The van der Waals surface area contributed by atoms with E-state index in [0.29, 0.717) is 12.3 Å². The van der Waals surface area contributed by atoms with E-state index in [0.717, 1.165) is 23.4 Å². The monoisotopic (exact) mass is 281 g/mol. The summed E-state index contributed by atoms with van der Waals surface area (Å²) in [5, 5.41) is 8.66. The molecule has 0 radical (unpaired) electrons. The van der Waals surface area contributed by atoms with Crippen LogP contribution in [0.1, 0.15) is 20.3 Å². The summed E-state index contributed by atoms with van der Waals surface area (Å²) < 4.78 is 0.980. The average Bonchev–Trinajstić information content (AvgIpc) is 2.24. The van der Waals surface area contributed by atoms with Crippen molar-refractivity contribution in [2.75, 3.05) is 18.0 Å². The predicted molar refractivity (Wildman–Crippen MR) is 69.2 cm³/mol. The van der Waals surface area contributed by atoms with Crippen LogP contribution in [-0.4, -0.2) is 18.1 Å². The Labute approximate surface area is 105 Å². The molecule has 4 heteroatoms. The molecule has 0 saturated carbocycles. The number of aromatic nitrogens is 1. The summed E-state index contributed by atoms with van der Waals surface area (Å²) in [6.07, 6.45) is 2.30. The maximum absolute atomic E-state index is 8.66. The quantitative estimate of drug-likeness (QED) is 0.832. The van der Waals surface area contributed by atoms with Crippen LogP contribution in [0.4, 0.5) is 5.82 Å². The van der Waals surface area contributed by atoms with E-state index in [1.165, 1.54) is 0 Å². The van der Waals surface area contributed by atoms with E-state index >= 15 is 0 Å². The van der Waals surface area contributed by atoms with Gasteiger partial charge in [0, 0.05) is 19.3 Å². The minimum absolute atomic E-state index is 0.524. The second-order valence-electron chi connectivity index (χ2n) is 4.06. The lowest BCUT2D eigenvalue weighted by Crippen LogP contribution is -2.29. The molecule has 16 heavy (non-hydrogen) atoms. The van der Waals surface area contributed by atoms with Crippen LogP contribution in [-0.2, 0) is 0 Å². The smallest absolute Gasteiger partial charge is 0.142 e. The van der Waals surface area contributed by atoms with Gasteiger partial charge in [0.05, 0.1) is 17.0 Å². The molecule has 86 valence electrons. The molecule has 3 nitrogen and oxygen atoms in total. The van der Waals surface area contributed by atoms with Gasteiger partial charge in [-0.25, -0.2) is 4.98 Å². The molecule has 0 amide bonds. The third-order valence-electron chi connectivity index (χ3n) is 2.12. The van der Waals surface area contributed by atoms with Gasteiger partial charge in [0.15, 0.2) is 0 Å². The first-order valence-corrected chi connectivity index (χ1v) is 6.17. The van der Waals surface area contributed by atoms with E-state index in [-0.39, 0.29) is 0 Å². The summed E-state index contributed by atoms with van der Waals surface area (Å²) in [6, 6.07) is 6.04. The third kappa shape index (κ3) is 3.82. The first kappa shape index (κ1) is 13.0. The Kier molecular flexibility index (Phi) is 5.27. The van der Waals surface area contributed by atoms with Crippen LogP contribution in [0, 0.1) is 17.2 Å². The van der Waals surface area contributed by atoms with E-state index < -0.39 is 0 Å². The van der Waals surface area contributed by atoms with Crippen LogP contribution >= 0.6 is 15.9 Å². The fourth-order valence-electron chi connectivity index (χ4n) is 1.52. The first-order chi connectivity index (χ1) is 7.65. The highest BCUT2D eigenvalue weighted by Crippen LogP contribution is 2.23. The molecule has 0 aliphatic heterocycles. The molecule has 0 aliphatic carbocycles. The lowest BCUT2D eigenvalue weighted by atomic mass is 10.2. The zero-order chi connectivity index (χ0) is 12.0. The number of pyridine rings is 1. The van der Waals surface area contributed by atoms with Crippen molar-refractivity contribution in [3.05, 3.63) is 22.8 Å². The van der Waals surface area contributed by atoms with Crippen LogP contribution in [0.2, 0.25) is 0 Å². The van der Waals surface area contributed by atoms with Gasteiger partial charge in [-0.15, -0.1) is 0 Å². The summed E-state index contributed by atoms with van der Waals surface area (Å²) in [5.74, 6) is 1.47. The van der Waals surface area contributed by atoms with Crippen molar-refractivity contribution in [2.24, 2.45) is 5.92 Å². The second-order valence-corrected chi connectivity index (χ2v) is 4.91. The number of hydrogen-bond donors (Lipinski definition) is 0. The van der Waals surface area contributed by atoms with Crippen LogP contribution in [0.5, 0.6) is 0 Å². The van der Waals surface area contributed by atoms with Crippen LogP contribution in [0.25, 0.3) is 0 Å². The SMILES string of the molecule is CC(C)CN(CCC#N)c1ncccc1Br. The molecule has 0 N–H and O–H groups in total. The summed E-state index contributed by atoms with van der Waals surface area (Å²) in [6.45, 7) is 5.97. The van der Waals surface area contributed by atoms with Gasteiger partial charge in [0.25, 0.3) is 0 Å². The molecule has 0 spiro atoms. The van der Waals surface area contributed by atoms with Gasteiger partial charge in [-0.1, -0.05) is 13.8 Å². The van der Waals surface area contributed by atoms with E-state index in [2.05, 4.69) is 45.7 Å². The zero-order valence-corrected chi connectivity index (χ0v) is 11.2. The van der Waals surface area contributed by atoms with Crippen molar-refractivity contribution in [3.63, 3.8) is 0 Å². The highest BCUT2D eigenvalue weighted by atomic mass is 79.9. The minimum Gasteiger partial charge on any atom is -0.354 e. The molecule has 1 heterocycles. The molecule has 0 aliphatic rings. The number of nitriles is 1. The molecule has 0 aromatic carbocycles.